The molecule has 0 aliphatic rings. The molecule has 0 saturated carbocycles. The average Bonchev–Trinajstić information content (AvgIpc) is 2.68. The van der Waals surface area contributed by atoms with Crippen molar-refractivity contribution in [3.63, 3.8) is 0 Å². The molecule has 0 amide bonds. The summed E-state index contributed by atoms with van der Waals surface area (Å²) in [5.74, 6) is -0.265. The van der Waals surface area contributed by atoms with E-state index in [0.717, 1.165) is 5.56 Å². The number of anilines is 1. The van der Waals surface area contributed by atoms with Crippen molar-refractivity contribution in [3.05, 3.63) is 77.9 Å². The van der Waals surface area contributed by atoms with Crippen molar-refractivity contribution in [2.75, 3.05) is 4.72 Å². The summed E-state index contributed by atoms with van der Waals surface area (Å²) in [7, 11) is -4.06. The van der Waals surface area contributed by atoms with Gasteiger partial charge in [-0.2, -0.15) is 5.26 Å². The number of rotatable bonds is 4. The van der Waals surface area contributed by atoms with Gasteiger partial charge in [0.1, 0.15) is 10.6 Å². The lowest BCUT2D eigenvalue weighted by Gasteiger charge is -2.23. The third kappa shape index (κ3) is 4.41. The van der Waals surface area contributed by atoms with Crippen molar-refractivity contribution in [1.29, 1.82) is 5.26 Å². The lowest BCUT2D eigenvalue weighted by atomic mass is 9.84. The van der Waals surface area contributed by atoms with Crippen molar-refractivity contribution >= 4 is 15.7 Å². The first-order valence-electron chi connectivity index (χ1n) is 9.08. The molecule has 3 aromatic carbocycles. The Bertz CT molecular complexity index is 1170. The highest BCUT2D eigenvalue weighted by Gasteiger charge is 2.27. The van der Waals surface area contributed by atoms with Gasteiger partial charge < -0.3 is 5.11 Å². The summed E-state index contributed by atoms with van der Waals surface area (Å²) in [6.07, 6.45) is 0. The van der Waals surface area contributed by atoms with Crippen LogP contribution in [0.4, 0.5) is 5.69 Å². The molecule has 6 heteroatoms. The Morgan fingerprint density at radius 1 is 0.931 bits per heavy atom. The molecule has 0 aliphatic carbocycles. The van der Waals surface area contributed by atoms with Crippen molar-refractivity contribution in [3.8, 4) is 22.9 Å². The minimum Gasteiger partial charge on any atom is -0.506 e. The normalized spacial score (nSPS) is 11.7. The molecule has 5 nitrogen and oxygen atoms in total. The molecule has 0 saturated heterocycles. The van der Waals surface area contributed by atoms with Gasteiger partial charge >= 0.3 is 0 Å². The molecule has 0 aromatic heterocycles. The molecule has 3 aromatic rings. The molecule has 0 bridgehead atoms. The highest BCUT2D eigenvalue weighted by molar-refractivity contribution is 7.92. The Hall–Kier alpha value is -3.30. The summed E-state index contributed by atoms with van der Waals surface area (Å²) < 4.78 is 28.7. The van der Waals surface area contributed by atoms with Crippen LogP contribution < -0.4 is 4.72 Å². The second-order valence-electron chi connectivity index (χ2n) is 7.78. The fourth-order valence-corrected chi connectivity index (χ4v) is 4.21. The standard InChI is InChI=1S/C23H22N2O3S/c1-23(2,3)20-13-18(17-7-5-4-6-8-17)14-21(22(20)26)29(27,28)25-19-11-9-16(15-24)10-12-19/h4-14,25-26H,1-3H3. The largest absolute Gasteiger partial charge is 0.506 e. The number of nitriles is 1. The van der Waals surface area contributed by atoms with Crippen LogP contribution in [0.5, 0.6) is 5.75 Å². The van der Waals surface area contributed by atoms with E-state index in [0.29, 0.717) is 22.4 Å². The first-order valence-corrected chi connectivity index (χ1v) is 10.6. The maximum absolute atomic E-state index is 13.1. The molecule has 0 aliphatic heterocycles. The topological polar surface area (TPSA) is 90.2 Å². The highest BCUT2D eigenvalue weighted by Crippen LogP contribution is 2.39. The van der Waals surface area contributed by atoms with Gasteiger partial charge in [0, 0.05) is 11.3 Å². The first-order chi connectivity index (χ1) is 13.6. The second kappa shape index (κ2) is 7.61. The predicted molar refractivity (Wildman–Crippen MR) is 114 cm³/mol. The zero-order valence-electron chi connectivity index (χ0n) is 16.5. The average molecular weight is 407 g/mol. The zero-order chi connectivity index (χ0) is 21.2. The van der Waals surface area contributed by atoms with Crippen LogP contribution in [-0.2, 0) is 15.4 Å². The quantitative estimate of drug-likeness (QED) is 0.636. The van der Waals surface area contributed by atoms with Crippen molar-refractivity contribution in [2.45, 2.75) is 31.1 Å². The first kappa shape index (κ1) is 20.4. The number of nitrogens with zero attached hydrogens (tertiary/aromatic N) is 1. The lowest BCUT2D eigenvalue weighted by Crippen LogP contribution is -2.17. The Morgan fingerprint density at radius 3 is 2.10 bits per heavy atom. The fraction of sp³-hybridized carbons (Fsp3) is 0.174. The number of benzene rings is 3. The van der Waals surface area contributed by atoms with Gasteiger partial charge in [0.25, 0.3) is 10.0 Å². The van der Waals surface area contributed by atoms with Crippen molar-refractivity contribution in [2.24, 2.45) is 0 Å². The van der Waals surface area contributed by atoms with E-state index in [-0.39, 0.29) is 10.6 Å². The molecular formula is C23H22N2O3S. The van der Waals surface area contributed by atoms with Crippen LogP contribution in [0, 0.1) is 11.3 Å². The molecule has 0 heterocycles. The summed E-state index contributed by atoms with van der Waals surface area (Å²) in [5.41, 5.74) is 2.37. The smallest absolute Gasteiger partial charge is 0.265 e. The van der Waals surface area contributed by atoms with Gasteiger partial charge in [0.15, 0.2) is 0 Å². The monoisotopic (exact) mass is 406 g/mol. The number of phenolic OH excluding ortho intramolecular Hbond substituents is 1. The van der Waals surface area contributed by atoms with Crippen LogP contribution in [0.1, 0.15) is 31.9 Å². The zero-order valence-corrected chi connectivity index (χ0v) is 17.3. The Labute approximate surface area is 171 Å². The van der Waals surface area contributed by atoms with Crippen molar-refractivity contribution in [1.82, 2.24) is 0 Å². The van der Waals surface area contributed by atoms with Crippen LogP contribution in [0.2, 0.25) is 0 Å². The van der Waals surface area contributed by atoms with Gasteiger partial charge in [-0.15, -0.1) is 0 Å². The molecule has 0 spiro atoms. The van der Waals surface area contributed by atoms with Crippen molar-refractivity contribution < 1.29 is 13.5 Å². The van der Waals surface area contributed by atoms with E-state index in [4.69, 9.17) is 5.26 Å². The Balaban J connectivity index is 2.14. The fourth-order valence-electron chi connectivity index (χ4n) is 3.00. The minimum absolute atomic E-state index is 0.187. The summed E-state index contributed by atoms with van der Waals surface area (Å²) in [4.78, 5) is -0.187. The van der Waals surface area contributed by atoms with E-state index in [1.54, 1.807) is 0 Å². The number of sulfonamides is 1. The summed E-state index contributed by atoms with van der Waals surface area (Å²) >= 11 is 0. The highest BCUT2D eigenvalue weighted by atomic mass is 32.2. The molecule has 29 heavy (non-hydrogen) atoms. The minimum atomic E-state index is -4.06. The van der Waals surface area contributed by atoms with Gasteiger partial charge in [-0.25, -0.2) is 8.42 Å². The molecule has 0 fully saturated rings. The number of phenols is 1. The van der Waals surface area contributed by atoms with Gasteiger partial charge in [-0.3, -0.25) is 4.72 Å². The van der Waals surface area contributed by atoms with Crippen LogP contribution in [-0.4, -0.2) is 13.5 Å². The van der Waals surface area contributed by atoms with E-state index in [9.17, 15) is 13.5 Å². The molecule has 0 unspecified atom stereocenters. The predicted octanol–water partition coefficient (Wildman–Crippen LogP) is 5.03. The van der Waals surface area contributed by atoms with E-state index < -0.39 is 15.4 Å². The summed E-state index contributed by atoms with van der Waals surface area (Å²) in [6, 6.07) is 20.8. The van der Waals surface area contributed by atoms with Gasteiger partial charge in [-0.1, -0.05) is 51.1 Å². The van der Waals surface area contributed by atoms with E-state index in [2.05, 4.69) is 4.72 Å². The van der Waals surface area contributed by atoms with Gasteiger partial charge in [0.05, 0.1) is 11.6 Å². The molecule has 2 N–H and O–H groups in total. The Kier molecular flexibility index (Phi) is 5.36. The third-order valence-electron chi connectivity index (χ3n) is 4.55. The molecular weight excluding hydrogens is 384 g/mol. The molecule has 0 radical (unpaired) electrons. The third-order valence-corrected chi connectivity index (χ3v) is 5.94. The Morgan fingerprint density at radius 2 is 1.55 bits per heavy atom. The van der Waals surface area contributed by atoms with Gasteiger partial charge in [0.2, 0.25) is 0 Å². The maximum Gasteiger partial charge on any atom is 0.265 e. The second-order valence-corrected chi connectivity index (χ2v) is 9.43. The number of aromatic hydroxyl groups is 1. The van der Waals surface area contributed by atoms with Crippen LogP contribution in [0.15, 0.2) is 71.6 Å². The van der Waals surface area contributed by atoms with E-state index in [1.165, 1.54) is 30.3 Å². The number of hydrogen-bond acceptors (Lipinski definition) is 4. The summed E-state index contributed by atoms with van der Waals surface area (Å²) in [5, 5.41) is 19.7. The lowest BCUT2D eigenvalue weighted by molar-refractivity contribution is 0.432. The van der Waals surface area contributed by atoms with Crippen LogP contribution in [0.3, 0.4) is 0 Å². The number of hydrogen-bond donors (Lipinski definition) is 2. The molecule has 3 rings (SSSR count). The SMILES string of the molecule is CC(C)(C)c1cc(-c2ccccc2)cc(S(=O)(=O)Nc2ccc(C#N)cc2)c1O. The van der Waals surface area contributed by atoms with E-state index >= 15 is 0 Å². The maximum atomic E-state index is 13.1. The number of nitrogens with one attached hydrogen (secondary N) is 1. The molecule has 148 valence electrons. The summed E-state index contributed by atoms with van der Waals surface area (Å²) in [6.45, 7) is 5.75. The van der Waals surface area contributed by atoms with Crippen LogP contribution in [0.25, 0.3) is 11.1 Å². The van der Waals surface area contributed by atoms with Gasteiger partial charge in [-0.05, 0) is 52.9 Å². The van der Waals surface area contributed by atoms with Crippen LogP contribution >= 0.6 is 0 Å². The van der Waals surface area contributed by atoms with E-state index in [1.807, 2.05) is 63.2 Å². The molecule has 0 atom stereocenters.